The maximum absolute atomic E-state index is 9.05. The van der Waals surface area contributed by atoms with E-state index in [0.29, 0.717) is 5.92 Å². The Morgan fingerprint density at radius 1 is 1.27 bits per heavy atom. The summed E-state index contributed by atoms with van der Waals surface area (Å²) in [5.74, 6) is 0.461. The van der Waals surface area contributed by atoms with Crippen LogP contribution in [0.15, 0.2) is 36.2 Å². The Labute approximate surface area is 92.4 Å². The second-order valence-corrected chi connectivity index (χ2v) is 3.86. The quantitative estimate of drug-likeness (QED) is 0.702. The molecule has 0 aromatic carbocycles. The van der Waals surface area contributed by atoms with Crippen molar-refractivity contribution in [3.8, 4) is 0 Å². The maximum Gasteiger partial charge on any atom is 0.0437 e. The first-order valence-corrected chi connectivity index (χ1v) is 5.79. The van der Waals surface area contributed by atoms with Gasteiger partial charge in [-0.1, -0.05) is 31.9 Å². The van der Waals surface area contributed by atoms with Crippen LogP contribution in [0.1, 0.15) is 32.6 Å². The van der Waals surface area contributed by atoms with Crippen molar-refractivity contribution in [1.82, 2.24) is 5.32 Å². The molecule has 1 heterocycles. The zero-order valence-electron chi connectivity index (χ0n) is 9.45. The third-order valence-electron chi connectivity index (χ3n) is 2.67. The number of unbranched alkanes of at least 4 members (excludes halogenated alkanes) is 1. The minimum atomic E-state index is 0.265. The normalized spacial score (nSPS) is 16.8. The van der Waals surface area contributed by atoms with E-state index in [4.69, 9.17) is 5.11 Å². The van der Waals surface area contributed by atoms with Gasteiger partial charge < -0.3 is 10.4 Å². The molecule has 0 spiro atoms. The molecular formula is C13H21NO. The first-order chi connectivity index (χ1) is 7.38. The monoisotopic (exact) mass is 207 g/mol. The van der Waals surface area contributed by atoms with Crippen LogP contribution in [0.4, 0.5) is 0 Å². The van der Waals surface area contributed by atoms with E-state index >= 15 is 0 Å². The van der Waals surface area contributed by atoms with Crippen LogP contribution in [-0.4, -0.2) is 11.7 Å². The van der Waals surface area contributed by atoms with Gasteiger partial charge in [-0.15, -0.1) is 0 Å². The first kappa shape index (κ1) is 12.1. The van der Waals surface area contributed by atoms with Crippen molar-refractivity contribution in [3.05, 3.63) is 36.2 Å². The lowest BCUT2D eigenvalue weighted by Gasteiger charge is -2.18. The van der Waals surface area contributed by atoms with Gasteiger partial charge in [0.2, 0.25) is 0 Å². The zero-order chi connectivity index (χ0) is 10.9. The Bertz CT molecular complexity index is 253. The summed E-state index contributed by atoms with van der Waals surface area (Å²) in [7, 11) is 0. The molecule has 2 nitrogen and oxygen atoms in total. The molecule has 1 aliphatic heterocycles. The highest BCUT2D eigenvalue weighted by Gasteiger charge is 2.12. The molecular weight excluding hydrogens is 186 g/mol. The zero-order valence-corrected chi connectivity index (χ0v) is 9.45. The largest absolute Gasteiger partial charge is 0.396 e. The van der Waals surface area contributed by atoms with Gasteiger partial charge in [0.05, 0.1) is 0 Å². The Morgan fingerprint density at radius 3 is 2.87 bits per heavy atom. The predicted octanol–water partition coefficient (Wildman–Crippen LogP) is 2.73. The Hall–Kier alpha value is -1.02. The molecule has 1 rings (SSSR count). The summed E-state index contributed by atoms with van der Waals surface area (Å²) in [5, 5.41) is 12.3. The van der Waals surface area contributed by atoms with E-state index in [1.165, 1.54) is 18.5 Å². The van der Waals surface area contributed by atoms with E-state index in [-0.39, 0.29) is 6.61 Å². The summed E-state index contributed by atoms with van der Waals surface area (Å²) in [6.45, 7) is 2.46. The summed E-state index contributed by atoms with van der Waals surface area (Å²) in [4.78, 5) is 0. The van der Waals surface area contributed by atoms with Crippen molar-refractivity contribution in [3.63, 3.8) is 0 Å². The van der Waals surface area contributed by atoms with Gasteiger partial charge in [-0.25, -0.2) is 0 Å². The lowest BCUT2D eigenvalue weighted by Crippen LogP contribution is -2.16. The average molecular weight is 207 g/mol. The lowest BCUT2D eigenvalue weighted by atomic mass is 9.95. The number of nitrogens with one attached hydrogen (secondary N) is 1. The van der Waals surface area contributed by atoms with Crippen LogP contribution in [-0.2, 0) is 0 Å². The SMILES string of the molecule is CCCCC(CCO)C1=CC=CC=CN1. The molecule has 0 aromatic rings. The highest BCUT2D eigenvalue weighted by atomic mass is 16.3. The third kappa shape index (κ3) is 4.34. The fraction of sp³-hybridized carbons (Fsp3) is 0.538. The first-order valence-electron chi connectivity index (χ1n) is 5.79. The second kappa shape index (κ2) is 7.30. The van der Waals surface area contributed by atoms with Gasteiger partial charge in [-0.2, -0.15) is 0 Å². The van der Waals surface area contributed by atoms with Crippen molar-refractivity contribution < 1.29 is 5.11 Å². The highest BCUT2D eigenvalue weighted by Crippen LogP contribution is 2.20. The van der Waals surface area contributed by atoms with Crippen LogP contribution in [0.25, 0.3) is 0 Å². The minimum absolute atomic E-state index is 0.265. The van der Waals surface area contributed by atoms with Gasteiger partial charge >= 0.3 is 0 Å². The Balaban J connectivity index is 2.57. The molecule has 2 heteroatoms. The summed E-state index contributed by atoms with van der Waals surface area (Å²) in [5.41, 5.74) is 1.22. The number of rotatable bonds is 6. The van der Waals surface area contributed by atoms with Crippen molar-refractivity contribution in [2.75, 3.05) is 6.61 Å². The number of allylic oxidation sites excluding steroid dienone is 5. The summed E-state index contributed by atoms with van der Waals surface area (Å²) >= 11 is 0. The number of aliphatic hydroxyl groups is 1. The third-order valence-corrected chi connectivity index (χ3v) is 2.67. The van der Waals surface area contributed by atoms with Crippen LogP contribution >= 0.6 is 0 Å². The molecule has 0 radical (unpaired) electrons. The second-order valence-electron chi connectivity index (χ2n) is 3.86. The van der Waals surface area contributed by atoms with Crippen LogP contribution in [0.3, 0.4) is 0 Å². The molecule has 84 valence electrons. The van der Waals surface area contributed by atoms with Crippen molar-refractivity contribution in [1.29, 1.82) is 0 Å². The molecule has 1 unspecified atom stereocenters. The smallest absolute Gasteiger partial charge is 0.0437 e. The van der Waals surface area contributed by atoms with Crippen LogP contribution in [0, 0.1) is 5.92 Å². The molecule has 0 aliphatic carbocycles. The molecule has 15 heavy (non-hydrogen) atoms. The van der Waals surface area contributed by atoms with Gasteiger partial charge in [-0.05, 0) is 25.0 Å². The lowest BCUT2D eigenvalue weighted by molar-refractivity contribution is 0.260. The van der Waals surface area contributed by atoms with Gasteiger partial charge in [0.1, 0.15) is 0 Å². The van der Waals surface area contributed by atoms with E-state index in [1.807, 2.05) is 24.4 Å². The van der Waals surface area contributed by atoms with Crippen molar-refractivity contribution in [2.45, 2.75) is 32.6 Å². The summed E-state index contributed by atoms with van der Waals surface area (Å²) in [6, 6.07) is 0. The van der Waals surface area contributed by atoms with E-state index in [9.17, 15) is 0 Å². The van der Waals surface area contributed by atoms with E-state index < -0.39 is 0 Å². The standard InChI is InChI=1S/C13H21NO/c1-2-3-7-12(9-11-15)13-8-5-4-6-10-14-13/h4-6,8,10,12,14-15H,2-3,7,9,11H2,1H3. The van der Waals surface area contributed by atoms with Crippen LogP contribution < -0.4 is 5.32 Å². The minimum Gasteiger partial charge on any atom is -0.396 e. The Kier molecular flexibility index (Phi) is 5.86. The highest BCUT2D eigenvalue weighted by molar-refractivity contribution is 5.22. The predicted molar refractivity (Wildman–Crippen MR) is 64.2 cm³/mol. The van der Waals surface area contributed by atoms with Crippen molar-refractivity contribution >= 4 is 0 Å². The van der Waals surface area contributed by atoms with Crippen LogP contribution in [0.5, 0.6) is 0 Å². The van der Waals surface area contributed by atoms with Crippen LogP contribution in [0.2, 0.25) is 0 Å². The van der Waals surface area contributed by atoms with Gasteiger partial charge in [-0.3, -0.25) is 0 Å². The summed E-state index contributed by atoms with van der Waals surface area (Å²) in [6.07, 6.45) is 14.5. The van der Waals surface area contributed by atoms with Crippen molar-refractivity contribution in [2.24, 2.45) is 5.92 Å². The molecule has 0 aromatic heterocycles. The molecule has 2 N–H and O–H groups in total. The summed E-state index contributed by atoms with van der Waals surface area (Å²) < 4.78 is 0. The molecule has 0 amide bonds. The molecule has 0 saturated heterocycles. The fourth-order valence-electron chi connectivity index (χ4n) is 1.79. The molecule has 1 atom stereocenters. The van der Waals surface area contributed by atoms with Gasteiger partial charge in [0.15, 0.2) is 0 Å². The topological polar surface area (TPSA) is 32.3 Å². The van der Waals surface area contributed by atoms with E-state index in [0.717, 1.165) is 12.8 Å². The fourth-order valence-corrected chi connectivity index (χ4v) is 1.79. The molecule has 0 bridgehead atoms. The molecule has 1 aliphatic rings. The number of aliphatic hydroxyl groups excluding tert-OH is 1. The van der Waals surface area contributed by atoms with Gasteiger partial charge in [0, 0.05) is 24.4 Å². The molecule has 0 fully saturated rings. The maximum atomic E-state index is 9.05. The average Bonchev–Trinajstić information content (AvgIpc) is 2.52. The van der Waals surface area contributed by atoms with E-state index in [2.05, 4.69) is 18.3 Å². The number of hydrogen-bond donors (Lipinski definition) is 2. The molecule has 0 saturated carbocycles. The number of hydrogen-bond acceptors (Lipinski definition) is 2. The van der Waals surface area contributed by atoms with E-state index in [1.54, 1.807) is 0 Å². The van der Waals surface area contributed by atoms with Gasteiger partial charge in [0.25, 0.3) is 0 Å². The Morgan fingerprint density at radius 2 is 2.13 bits per heavy atom.